The molecule has 1 N–H and O–H groups in total. The quantitative estimate of drug-likeness (QED) is 0.796. The Kier molecular flexibility index (Phi) is 3.86. The van der Waals surface area contributed by atoms with Crippen LogP contribution in [0.5, 0.6) is 0 Å². The number of imidazole rings is 1. The Labute approximate surface area is 147 Å². The first-order valence-electron chi connectivity index (χ1n) is 8.93. The number of carbonyl (C=O) groups excluding carboxylic acids is 1. The Morgan fingerprint density at radius 3 is 2.72 bits per heavy atom. The maximum atomic E-state index is 13.1. The summed E-state index contributed by atoms with van der Waals surface area (Å²) < 4.78 is 1.99. The smallest absolute Gasteiger partial charge is 0.248 e. The summed E-state index contributed by atoms with van der Waals surface area (Å²) in [5.41, 5.74) is 1.49. The van der Waals surface area contributed by atoms with Crippen molar-refractivity contribution in [3.05, 3.63) is 54.6 Å². The van der Waals surface area contributed by atoms with E-state index >= 15 is 0 Å². The molecule has 3 aromatic rings. The van der Waals surface area contributed by atoms with Crippen molar-refractivity contribution in [2.45, 2.75) is 38.1 Å². The Morgan fingerprint density at radius 2 is 1.96 bits per heavy atom. The normalized spacial score (nSPS) is 18.6. The van der Waals surface area contributed by atoms with E-state index in [0.717, 1.165) is 42.8 Å². The molecule has 130 valence electrons. The average Bonchev–Trinajstić information content (AvgIpc) is 3.31. The lowest BCUT2D eigenvalue weighted by Gasteiger charge is -2.37. The molecule has 4 rings (SSSR count). The number of aromatic amines is 1. The van der Waals surface area contributed by atoms with Crippen molar-refractivity contribution >= 4 is 16.9 Å². The Hall–Kier alpha value is -2.56. The zero-order valence-corrected chi connectivity index (χ0v) is 14.8. The third-order valence-electron chi connectivity index (χ3n) is 5.28. The van der Waals surface area contributed by atoms with Crippen LogP contribution >= 0.6 is 0 Å². The number of carbonyl (C=O) groups is 1. The highest BCUT2D eigenvalue weighted by Crippen LogP contribution is 2.29. The lowest BCUT2D eigenvalue weighted by molar-refractivity contribution is -0.140. The van der Waals surface area contributed by atoms with Crippen LogP contribution in [0, 0.1) is 0 Å². The molecule has 2 aromatic heterocycles. The first-order chi connectivity index (χ1) is 12.1. The number of benzene rings is 1. The number of hydrogen-bond acceptors (Lipinski definition) is 2. The zero-order chi connectivity index (χ0) is 17.4. The fourth-order valence-corrected chi connectivity index (χ4v) is 3.76. The Bertz CT molecular complexity index is 845. The summed E-state index contributed by atoms with van der Waals surface area (Å²) >= 11 is 0. The number of nitrogens with zero attached hydrogens (tertiary/aromatic N) is 3. The molecule has 1 amide bonds. The van der Waals surface area contributed by atoms with Crippen molar-refractivity contribution < 1.29 is 4.79 Å². The highest BCUT2D eigenvalue weighted by molar-refractivity contribution is 5.84. The Morgan fingerprint density at radius 1 is 1.20 bits per heavy atom. The van der Waals surface area contributed by atoms with Gasteiger partial charge in [-0.05, 0) is 51.0 Å². The van der Waals surface area contributed by atoms with E-state index in [9.17, 15) is 4.79 Å². The van der Waals surface area contributed by atoms with E-state index in [1.54, 1.807) is 0 Å². The second kappa shape index (κ2) is 6.06. The second-order valence-electron chi connectivity index (χ2n) is 7.38. The molecule has 1 saturated heterocycles. The van der Waals surface area contributed by atoms with Gasteiger partial charge in [0.2, 0.25) is 5.91 Å². The lowest BCUT2D eigenvalue weighted by atomic mass is 9.94. The van der Waals surface area contributed by atoms with Gasteiger partial charge in [0.05, 0.1) is 11.0 Å². The molecule has 1 unspecified atom stereocenters. The maximum Gasteiger partial charge on any atom is 0.248 e. The molecule has 0 spiro atoms. The van der Waals surface area contributed by atoms with Crippen molar-refractivity contribution in [3.63, 3.8) is 0 Å². The molecule has 5 nitrogen and oxygen atoms in total. The number of likely N-dealkylation sites (tertiary alicyclic amines) is 1. The minimum atomic E-state index is -0.570. The summed E-state index contributed by atoms with van der Waals surface area (Å²) in [5.74, 6) is 1.44. The van der Waals surface area contributed by atoms with Crippen LogP contribution in [0.1, 0.15) is 38.4 Å². The van der Waals surface area contributed by atoms with Gasteiger partial charge in [-0.3, -0.25) is 4.79 Å². The molecule has 25 heavy (non-hydrogen) atoms. The molecule has 0 radical (unpaired) electrons. The van der Waals surface area contributed by atoms with Crippen molar-refractivity contribution in [2.75, 3.05) is 13.1 Å². The number of hydrogen-bond donors (Lipinski definition) is 1. The number of amides is 1. The standard InChI is InChI=1S/C20H24N4O/c1-20(2,24-12-5-6-13-24)19(25)23-11-7-8-15(14-23)18-21-16-9-3-4-10-17(16)22-18/h3-6,9-10,12-13,15H,7-8,11,14H2,1-2H3,(H,21,22). The maximum absolute atomic E-state index is 13.1. The highest BCUT2D eigenvalue weighted by Gasteiger charge is 2.36. The minimum Gasteiger partial charge on any atom is -0.342 e. The van der Waals surface area contributed by atoms with Crippen LogP contribution in [0.25, 0.3) is 11.0 Å². The number of piperidine rings is 1. The topological polar surface area (TPSA) is 53.9 Å². The zero-order valence-electron chi connectivity index (χ0n) is 14.8. The third kappa shape index (κ3) is 2.84. The lowest BCUT2D eigenvalue weighted by Crippen LogP contribution is -2.49. The van der Waals surface area contributed by atoms with Gasteiger partial charge in [-0.25, -0.2) is 4.98 Å². The van der Waals surface area contributed by atoms with Gasteiger partial charge >= 0.3 is 0 Å². The van der Waals surface area contributed by atoms with E-state index < -0.39 is 5.54 Å². The predicted molar refractivity (Wildman–Crippen MR) is 98.4 cm³/mol. The summed E-state index contributed by atoms with van der Waals surface area (Å²) in [6.45, 7) is 5.52. The van der Waals surface area contributed by atoms with Crippen LogP contribution < -0.4 is 0 Å². The van der Waals surface area contributed by atoms with Gasteiger partial charge in [0.1, 0.15) is 11.4 Å². The SMILES string of the molecule is CC(C)(C(=O)N1CCCC(c2nc3ccccc3[nH]2)C1)n1cccc1. The van der Waals surface area contributed by atoms with Crippen LogP contribution in [0.2, 0.25) is 0 Å². The van der Waals surface area contributed by atoms with Crippen molar-refractivity contribution in [1.29, 1.82) is 0 Å². The highest BCUT2D eigenvalue weighted by atomic mass is 16.2. The molecule has 1 aromatic carbocycles. The molecule has 5 heteroatoms. The Balaban J connectivity index is 1.55. The van der Waals surface area contributed by atoms with Crippen molar-refractivity contribution in [2.24, 2.45) is 0 Å². The fraction of sp³-hybridized carbons (Fsp3) is 0.400. The monoisotopic (exact) mass is 336 g/mol. The molecular weight excluding hydrogens is 312 g/mol. The van der Waals surface area contributed by atoms with E-state index in [-0.39, 0.29) is 11.8 Å². The van der Waals surface area contributed by atoms with Gasteiger partial charge in [-0.2, -0.15) is 0 Å². The van der Waals surface area contributed by atoms with Gasteiger partial charge in [0.15, 0.2) is 0 Å². The van der Waals surface area contributed by atoms with E-state index in [4.69, 9.17) is 4.98 Å². The van der Waals surface area contributed by atoms with E-state index in [2.05, 4.69) is 4.98 Å². The van der Waals surface area contributed by atoms with Crippen LogP contribution in [-0.4, -0.2) is 38.4 Å². The molecule has 1 aliphatic rings. The van der Waals surface area contributed by atoms with Gasteiger partial charge in [-0.1, -0.05) is 12.1 Å². The number of aromatic nitrogens is 3. The summed E-state index contributed by atoms with van der Waals surface area (Å²) in [6, 6.07) is 12.0. The van der Waals surface area contributed by atoms with Crippen molar-refractivity contribution in [3.8, 4) is 0 Å². The number of H-pyrrole nitrogens is 1. The van der Waals surface area contributed by atoms with E-state index in [1.165, 1.54) is 0 Å². The molecule has 0 bridgehead atoms. The van der Waals surface area contributed by atoms with Crippen LogP contribution in [-0.2, 0) is 10.3 Å². The molecule has 1 atom stereocenters. The minimum absolute atomic E-state index is 0.171. The summed E-state index contributed by atoms with van der Waals surface area (Å²) in [6.07, 6.45) is 5.99. The van der Waals surface area contributed by atoms with Crippen molar-refractivity contribution in [1.82, 2.24) is 19.4 Å². The van der Waals surface area contributed by atoms with Crippen LogP contribution in [0.4, 0.5) is 0 Å². The fourth-order valence-electron chi connectivity index (χ4n) is 3.76. The molecule has 0 aliphatic carbocycles. The molecule has 1 aliphatic heterocycles. The first kappa shape index (κ1) is 15.9. The van der Waals surface area contributed by atoms with Crippen LogP contribution in [0.3, 0.4) is 0 Å². The second-order valence-corrected chi connectivity index (χ2v) is 7.38. The number of rotatable bonds is 3. The average molecular weight is 336 g/mol. The first-order valence-corrected chi connectivity index (χ1v) is 8.93. The summed E-state index contributed by atoms with van der Waals surface area (Å²) in [7, 11) is 0. The largest absolute Gasteiger partial charge is 0.342 e. The molecule has 3 heterocycles. The summed E-state index contributed by atoms with van der Waals surface area (Å²) in [5, 5.41) is 0. The third-order valence-corrected chi connectivity index (χ3v) is 5.28. The van der Waals surface area contributed by atoms with E-state index in [1.807, 2.05) is 72.1 Å². The molecule has 1 fully saturated rings. The van der Waals surface area contributed by atoms with Crippen LogP contribution in [0.15, 0.2) is 48.8 Å². The predicted octanol–water partition coefficient (Wildman–Crippen LogP) is 3.51. The van der Waals surface area contributed by atoms with E-state index in [0.29, 0.717) is 0 Å². The summed E-state index contributed by atoms with van der Waals surface area (Å²) in [4.78, 5) is 23.3. The van der Waals surface area contributed by atoms with Gasteiger partial charge in [0, 0.05) is 31.4 Å². The van der Waals surface area contributed by atoms with Gasteiger partial charge in [-0.15, -0.1) is 0 Å². The number of para-hydroxylation sites is 2. The molecule has 0 saturated carbocycles. The number of nitrogens with one attached hydrogen (secondary N) is 1. The number of fused-ring (bicyclic) bond motifs is 1. The van der Waals surface area contributed by atoms with Gasteiger partial charge < -0.3 is 14.5 Å². The van der Waals surface area contributed by atoms with Gasteiger partial charge in [0.25, 0.3) is 0 Å². The molecular formula is C20H24N4O.